The van der Waals surface area contributed by atoms with E-state index in [1.807, 2.05) is 0 Å². The van der Waals surface area contributed by atoms with E-state index in [0.29, 0.717) is 0 Å². The van der Waals surface area contributed by atoms with E-state index in [1.54, 1.807) is 0 Å². The molecule has 4 N–H and O–H groups in total. The predicted octanol–water partition coefficient (Wildman–Crippen LogP) is -2.47. The van der Waals surface area contributed by atoms with Crippen molar-refractivity contribution >= 4 is 5.97 Å². The maximum absolute atomic E-state index is 10.5. The third-order valence-corrected chi connectivity index (χ3v) is 2.05. The Morgan fingerprint density at radius 3 is 2.21 bits per heavy atom. The molecule has 0 aromatic carbocycles. The summed E-state index contributed by atoms with van der Waals surface area (Å²) in [5.74, 6) is -1.43. The molecule has 0 bridgehead atoms. The topological polar surface area (TPSA) is 116 Å². The Labute approximate surface area is 79.5 Å². The van der Waals surface area contributed by atoms with Crippen molar-refractivity contribution in [3.8, 4) is 0 Å². The van der Waals surface area contributed by atoms with Crippen LogP contribution < -0.4 is 0 Å². The molecule has 0 spiro atoms. The van der Waals surface area contributed by atoms with Crippen LogP contribution in [0.2, 0.25) is 0 Å². The van der Waals surface area contributed by atoms with E-state index in [2.05, 4.69) is 4.74 Å². The molecular formula is C7H12O7. The van der Waals surface area contributed by atoms with Crippen molar-refractivity contribution in [2.75, 3.05) is 7.11 Å². The first-order chi connectivity index (χ1) is 6.49. The molecule has 1 aliphatic rings. The van der Waals surface area contributed by atoms with Gasteiger partial charge in [0.05, 0.1) is 0 Å². The standard InChI is InChI=1S/C7H12O7/c1-13-7-4(10)2(8)3(9)5(14-7)6(11)12/h2-5,7-10H,1H3,(H,11,12)/t2-,3+,4-,5-,7+/m1/s1. The average Bonchev–Trinajstić information content (AvgIpc) is 2.14. The molecule has 82 valence electrons. The average molecular weight is 208 g/mol. The first-order valence-corrected chi connectivity index (χ1v) is 3.94. The second kappa shape index (κ2) is 4.20. The number of carbonyl (C=O) groups is 1. The van der Waals surface area contributed by atoms with Crippen molar-refractivity contribution in [1.29, 1.82) is 0 Å². The summed E-state index contributed by atoms with van der Waals surface area (Å²) in [4.78, 5) is 10.5. The third kappa shape index (κ3) is 1.86. The first kappa shape index (κ1) is 11.3. The molecule has 0 unspecified atom stereocenters. The summed E-state index contributed by atoms with van der Waals surface area (Å²) in [7, 11) is 1.19. The van der Waals surface area contributed by atoms with E-state index in [9.17, 15) is 20.1 Å². The Hall–Kier alpha value is -0.730. The summed E-state index contributed by atoms with van der Waals surface area (Å²) in [6, 6.07) is 0. The molecular weight excluding hydrogens is 196 g/mol. The quantitative estimate of drug-likeness (QED) is 0.397. The highest BCUT2D eigenvalue weighted by Crippen LogP contribution is 2.21. The molecule has 0 amide bonds. The molecule has 14 heavy (non-hydrogen) atoms. The number of carboxylic acid groups (broad SMARTS) is 1. The molecule has 1 rings (SSSR count). The number of ether oxygens (including phenoxy) is 2. The van der Waals surface area contributed by atoms with Crippen molar-refractivity contribution in [1.82, 2.24) is 0 Å². The van der Waals surface area contributed by atoms with Crippen LogP contribution in [-0.2, 0) is 14.3 Å². The summed E-state index contributed by atoms with van der Waals surface area (Å²) in [6.07, 6.45) is -7.60. The number of carboxylic acids is 1. The van der Waals surface area contributed by atoms with Crippen LogP contribution in [0.4, 0.5) is 0 Å². The van der Waals surface area contributed by atoms with Gasteiger partial charge in [-0.1, -0.05) is 0 Å². The summed E-state index contributed by atoms with van der Waals surface area (Å²) < 4.78 is 9.31. The zero-order valence-corrected chi connectivity index (χ0v) is 7.40. The fourth-order valence-electron chi connectivity index (χ4n) is 1.25. The van der Waals surface area contributed by atoms with Gasteiger partial charge >= 0.3 is 5.97 Å². The van der Waals surface area contributed by atoms with Crippen LogP contribution in [0.15, 0.2) is 0 Å². The minimum absolute atomic E-state index is 1.19. The van der Waals surface area contributed by atoms with Gasteiger partial charge in [0.25, 0.3) is 0 Å². The van der Waals surface area contributed by atoms with Gasteiger partial charge in [-0.3, -0.25) is 0 Å². The van der Waals surface area contributed by atoms with E-state index in [4.69, 9.17) is 9.84 Å². The molecule has 1 aliphatic heterocycles. The normalized spacial score (nSPS) is 43.6. The number of hydrogen-bond acceptors (Lipinski definition) is 6. The number of rotatable bonds is 2. The number of hydrogen-bond donors (Lipinski definition) is 4. The lowest BCUT2D eigenvalue weighted by Gasteiger charge is -2.37. The van der Waals surface area contributed by atoms with Crippen LogP contribution in [0.3, 0.4) is 0 Å². The van der Waals surface area contributed by atoms with Crippen LogP contribution in [0, 0.1) is 0 Å². The van der Waals surface area contributed by atoms with Crippen molar-refractivity contribution in [2.24, 2.45) is 0 Å². The predicted molar refractivity (Wildman–Crippen MR) is 41.3 cm³/mol. The van der Waals surface area contributed by atoms with Crippen LogP contribution in [-0.4, -0.2) is 64.2 Å². The minimum atomic E-state index is -1.67. The van der Waals surface area contributed by atoms with Gasteiger partial charge in [-0.05, 0) is 0 Å². The number of aliphatic hydroxyl groups excluding tert-OH is 3. The van der Waals surface area contributed by atoms with Gasteiger partial charge in [-0.2, -0.15) is 0 Å². The molecule has 5 atom stereocenters. The Morgan fingerprint density at radius 2 is 1.79 bits per heavy atom. The number of methoxy groups -OCH3 is 1. The van der Waals surface area contributed by atoms with Crippen LogP contribution in [0.1, 0.15) is 0 Å². The molecule has 7 heteroatoms. The fourth-order valence-corrected chi connectivity index (χ4v) is 1.25. The van der Waals surface area contributed by atoms with Crippen molar-refractivity contribution in [3.63, 3.8) is 0 Å². The maximum atomic E-state index is 10.5. The van der Waals surface area contributed by atoms with Gasteiger partial charge < -0.3 is 29.9 Å². The lowest BCUT2D eigenvalue weighted by molar-refractivity contribution is -0.287. The third-order valence-electron chi connectivity index (χ3n) is 2.05. The van der Waals surface area contributed by atoms with Gasteiger partial charge in [-0.15, -0.1) is 0 Å². The number of aliphatic carboxylic acids is 1. The summed E-state index contributed by atoms with van der Waals surface area (Å²) >= 11 is 0. The highest BCUT2D eigenvalue weighted by molar-refractivity contribution is 5.73. The van der Waals surface area contributed by atoms with Gasteiger partial charge in [0.15, 0.2) is 12.4 Å². The number of aliphatic hydroxyl groups is 3. The van der Waals surface area contributed by atoms with Gasteiger partial charge in [0.1, 0.15) is 18.3 Å². The zero-order chi connectivity index (χ0) is 10.9. The highest BCUT2D eigenvalue weighted by Gasteiger charge is 2.46. The second-order valence-corrected chi connectivity index (χ2v) is 2.97. The van der Waals surface area contributed by atoms with Gasteiger partial charge in [0, 0.05) is 7.11 Å². The molecule has 1 saturated heterocycles. The van der Waals surface area contributed by atoms with Crippen molar-refractivity contribution in [2.45, 2.75) is 30.7 Å². The molecule has 1 heterocycles. The molecule has 0 aliphatic carbocycles. The fraction of sp³-hybridized carbons (Fsp3) is 0.857. The van der Waals surface area contributed by atoms with E-state index in [1.165, 1.54) is 7.11 Å². The van der Waals surface area contributed by atoms with Gasteiger partial charge in [-0.25, -0.2) is 4.79 Å². The molecule has 0 radical (unpaired) electrons. The minimum Gasteiger partial charge on any atom is -0.479 e. The molecule has 0 aromatic rings. The zero-order valence-electron chi connectivity index (χ0n) is 7.40. The SMILES string of the molecule is CO[C@H]1O[C@@H](C(=O)O)[C@@H](O)[C@@H](O)[C@H]1O. The van der Waals surface area contributed by atoms with E-state index in [0.717, 1.165) is 0 Å². The highest BCUT2D eigenvalue weighted by atomic mass is 16.7. The molecule has 7 nitrogen and oxygen atoms in total. The maximum Gasteiger partial charge on any atom is 0.335 e. The Bertz CT molecular complexity index is 216. The Morgan fingerprint density at radius 1 is 1.21 bits per heavy atom. The van der Waals surface area contributed by atoms with E-state index < -0.39 is 36.7 Å². The van der Waals surface area contributed by atoms with Gasteiger partial charge in [0.2, 0.25) is 0 Å². The monoisotopic (exact) mass is 208 g/mol. The lowest BCUT2D eigenvalue weighted by atomic mass is 9.99. The van der Waals surface area contributed by atoms with E-state index >= 15 is 0 Å². The summed E-state index contributed by atoms with van der Waals surface area (Å²) in [5, 5.41) is 36.3. The summed E-state index contributed by atoms with van der Waals surface area (Å²) in [6.45, 7) is 0. The lowest BCUT2D eigenvalue weighted by Crippen LogP contribution is -2.60. The largest absolute Gasteiger partial charge is 0.479 e. The van der Waals surface area contributed by atoms with Crippen molar-refractivity contribution < 1.29 is 34.7 Å². The van der Waals surface area contributed by atoms with Crippen LogP contribution in [0.25, 0.3) is 0 Å². The molecule has 0 saturated carbocycles. The molecule has 0 aromatic heterocycles. The van der Waals surface area contributed by atoms with E-state index in [-0.39, 0.29) is 0 Å². The van der Waals surface area contributed by atoms with Crippen molar-refractivity contribution in [3.05, 3.63) is 0 Å². The summed E-state index contributed by atoms with van der Waals surface area (Å²) in [5.41, 5.74) is 0. The Kier molecular flexibility index (Phi) is 3.40. The smallest absolute Gasteiger partial charge is 0.335 e. The van der Waals surface area contributed by atoms with Crippen LogP contribution >= 0.6 is 0 Å². The second-order valence-electron chi connectivity index (χ2n) is 2.97. The van der Waals surface area contributed by atoms with Crippen LogP contribution in [0.5, 0.6) is 0 Å². The molecule has 1 fully saturated rings. The first-order valence-electron chi connectivity index (χ1n) is 3.94. The Balaban J connectivity index is 2.78.